The number of hydroxylamine groups is 1. The van der Waals surface area contributed by atoms with E-state index in [9.17, 15) is 0 Å². The molecular weight excluding hydrogens is 348 g/mol. The summed E-state index contributed by atoms with van der Waals surface area (Å²) in [6, 6.07) is 7.58. The van der Waals surface area contributed by atoms with Gasteiger partial charge in [-0.05, 0) is 57.2 Å². The number of nitrogens with zero attached hydrogens (tertiary/aromatic N) is 3. The molecule has 1 aromatic carbocycles. The minimum Gasteiger partial charge on any atom is -0.327 e. The van der Waals surface area contributed by atoms with Crippen LogP contribution in [-0.4, -0.2) is 38.3 Å². The fourth-order valence-corrected chi connectivity index (χ4v) is 3.79. The van der Waals surface area contributed by atoms with Crippen molar-refractivity contribution in [2.24, 2.45) is 5.41 Å². The lowest BCUT2D eigenvalue weighted by atomic mass is 9.92. The summed E-state index contributed by atoms with van der Waals surface area (Å²) in [7, 11) is 0. The van der Waals surface area contributed by atoms with E-state index in [1.807, 2.05) is 6.08 Å². The summed E-state index contributed by atoms with van der Waals surface area (Å²) in [6.07, 6.45) is 5.16. The molecule has 1 heterocycles. The summed E-state index contributed by atoms with van der Waals surface area (Å²) in [6.45, 7) is 17.8. The highest BCUT2D eigenvalue weighted by Gasteiger charge is 2.20. The number of imidazole rings is 1. The van der Waals surface area contributed by atoms with Gasteiger partial charge >= 0.3 is 0 Å². The number of nitrogens with one attached hydrogen (secondary N) is 1. The Bertz CT molecular complexity index is 776. The summed E-state index contributed by atoms with van der Waals surface area (Å²) in [5, 5.41) is 8.69. The molecule has 5 heteroatoms. The lowest BCUT2D eigenvalue weighted by Crippen LogP contribution is -2.39. The standard InChI is InChI=1S/C23H38N4O/c1-17(2)26(18(3)4)13-14-27-21-11-10-19(9-8-12-24-28)15-20(21)25-22(27)16-23(5,6)7/h8,10-12,15,17-18,24,28H,9,13-14,16H2,1-7H3/b12-8+. The van der Waals surface area contributed by atoms with Crippen LogP contribution >= 0.6 is 0 Å². The molecule has 156 valence electrons. The van der Waals surface area contributed by atoms with Crippen LogP contribution in [-0.2, 0) is 19.4 Å². The molecule has 0 amide bonds. The maximum absolute atomic E-state index is 8.69. The summed E-state index contributed by atoms with van der Waals surface area (Å²) < 4.78 is 2.41. The maximum Gasteiger partial charge on any atom is 0.110 e. The molecule has 28 heavy (non-hydrogen) atoms. The van der Waals surface area contributed by atoms with Crippen molar-refractivity contribution in [1.82, 2.24) is 19.9 Å². The SMILES string of the molecule is CC(C)N(CCn1c(CC(C)(C)C)nc2cc(C/C=C/NO)ccc21)C(C)C. The van der Waals surface area contributed by atoms with Gasteiger partial charge in [0.2, 0.25) is 0 Å². The van der Waals surface area contributed by atoms with Crippen molar-refractivity contribution in [2.75, 3.05) is 6.54 Å². The fraction of sp³-hybridized carbons (Fsp3) is 0.609. The molecule has 0 bridgehead atoms. The number of hydrogen-bond acceptors (Lipinski definition) is 4. The van der Waals surface area contributed by atoms with Crippen molar-refractivity contribution in [1.29, 1.82) is 0 Å². The molecule has 0 fully saturated rings. The van der Waals surface area contributed by atoms with Gasteiger partial charge in [-0.3, -0.25) is 15.6 Å². The third-order valence-electron chi connectivity index (χ3n) is 5.03. The molecular formula is C23H38N4O. The Balaban J connectivity index is 2.36. The van der Waals surface area contributed by atoms with Gasteiger partial charge in [0, 0.05) is 37.8 Å². The highest BCUT2D eigenvalue weighted by molar-refractivity contribution is 5.77. The Morgan fingerprint density at radius 2 is 1.86 bits per heavy atom. The highest BCUT2D eigenvalue weighted by atomic mass is 16.5. The minimum atomic E-state index is 0.188. The van der Waals surface area contributed by atoms with Crippen LogP contribution in [0.3, 0.4) is 0 Å². The monoisotopic (exact) mass is 386 g/mol. The lowest BCUT2D eigenvalue weighted by Gasteiger charge is -2.31. The van der Waals surface area contributed by atoms with E-state index in [4.69, 9.17) is 10.2 Å². The first-order valence-corrected chi connectivity index (χ1v) is 10.4. The Morgan fingerprint density at radius 1 is 1.18 bits per heavy atom. The number of benzene rings is 1. The first-order valence-electron chi connectivity index (χ1n) is 10.4. The highest BCUT2D eigenvalue weighted by Crippen LogP contribution is 2.25. The molecule has 0 radical (unpaired) electrons. The number of hydrogen-bond donors (Lipinski definition) is 2. The lowest BCUT2D eigenvalue weighted by molar-refractivity contribution is 0.168. The molecule has 0 aliphatic heterocycles. The Morgan fingerprint density at radius 3 is 2.43 bits per heavy atom. The average molecular weight is 387 g/mol. The van der Waals surface area contributed by atoms with E-state index < -0.39 is 0 Å². The van der Waals surface area contributed by atoms with Crippen LogP contribution in [0, 0.1) is 5.41 Å². The van der Waals surface area contributed by atoms with Gasteiger partial charge in [0.05, 0.1) is 11.0 Å². The summed E-state index contributed by atoms with van der Waals surface area (Å²) >= 11 is 0. The van der Waals surface area contributed by atoms with E-state index >= 15 is 0 Å². The fourth-order valence-electron chi connectivity index (χ4n) is 3.79. The van der Waals surface area contributed by atoms with Crippen molar-refractivity contribution < 1.29 is 5.21 Å². The number of allylic oxidation sites excluding steroid dienone is 1. The Hall–Kier alpha value is -1.85. The Kier molecular flexibility index (Phi) is 7.67. The quantitative estimate of drug-likeness (QED) is 0.609. The summed E-state index contributed by atoms with van der Waals surface area (Å²) in [5.41, 5.74) is 5.70. The van der Waals surface area contributed by atoms with Gasteiger partial charge in [0.25, 0.3) is 0 Å². The van der Waals surface area contributed by atoms with Gasteiger partial charge in [-0.2, -0.15) is 0 Å². The second-order valence-corrected chi connectivity index (χ2v) is 9.40. The molecule has 5 nitrogen and oxygen atoms in total. The van der Waals surface area contributed by atoms with Crippen LogP contribution < -0.4 is 5.48 Å². The largest absolute Gasteiger partial charge is 0.327 e. The molecule has 1 aromatic heterocycles. The average Bonchev–Trinajstić information content (AvgIpc) is 2.89. The molecule has 2 N–H and O–H groups in total. The molecule has 0 unspecified atom stereocenters. The normalized spacial score (nSPS) is 13.0. The topological polar surface area (TPSA) is 53.3 Å². The summed E-state index contributed by atoms with van der Waals surface area (Å²) in [5.74, 6) is 1.17. The second-order valence-electron chi connectivity index (χ2n) is 9.40. The van der Waals surface area contributed by atoms with E-state index in [1.54, 1.807) is 6.20 Å². The minimum absolute atomic E-state index is 0.188. The van der Waals surface area contributed by atoms with Crippen LogP contribution in [0.25, 0.3) is 11.0 Å². The zero-order valence-corrected chi connectivity index (χ0v) is 18.7. The van der Waals surface area contributed by atoms with E-state index in [1.165, 1.54) is 16.9 Å². The van der Waals surface area contributed by atoms with Crippen molar-refractivity contribution >= 4 is 11.0 Å². The van der Waals surface area contributed by atoms with Crippen molar-refractivity contribution in [2.45, 2.75) is 79.9 Å². The van der Waals surface area contributed by atoms with Crippen molar-refractivity contribution in [3.8, 4) is 0 Å². The predicted molar refractivity (Wildman–Crippen MR) is 118 cm³/mol. The van der Waals surface area contributed by atoms with Crippen molar-refractivity contribution in [3.63, 3.8) is 0 Å². The number of rotatable bonds is 9. The molecule has 0 aliphatic carbocycles. The van der Waals surface area contributed by atoms with E-state index in [0.29, 0.717) is 12.1 Å². The van der Waals surface area contributed by atoms with Gasteiger partial charge in [0.15, 0.2) is 0 Å². The summed E-state index contributed by atoms with van der Waals surface area (Å²) in [4.78, 5) is 7.55. The molecule has 0 saturated heterocycles. The predicted octanol–water partition coefficient (Wildman–Crippen LogP) is 4.78. The molecule has 0 spiro atoms. The first-order chi connectivity index (χ1) is 13.1. The molecule has 0 saturated carbocycles. The van der Waals surface area contributed by atoms with Gasteiger partial charge in [0.1, 0.15) is 5.82 Å². The second kappa shape index (κ2) is 9.57. The van der Waals surface area contributed by atoms with E-state index in [-0.39, 0.29) is 5.41 Å². The van der Waals surface area contributed by atoms with Crippen LogP contribution in [0.4, 0.5) is 0 Å². The third-order valence-corrected chi connectivity index (χ3v) is 5.03. The number of fused-ring (bicyclic) bond motifs is 1. The third kappa shape index (κ3) is 6.08. The van der Waals surface area contributed by atoms with E-state index in [0.717, 1.165) is 31.4 Å². The number of aromatic nitrogens is 2. The molecule has 0 aliphatic rings. The van der Waals surface area contributed by atoms with Gasteiger partial charge in [-0.1, -0.05) is 32.9 Å². The van der Waals surface area contributed by atoms with E-state index in [2.05, 4.69) is 81.6 Å². The van der Waals surface area contributed by atoms with Crippen LogP contribution in [0.2, 0.25) is 0 Å². The molecule has 2 rings (SSSR count). The zero-order chi connectivity index (χ0) is 20.9. The molecule has 2 aromatic rings. The Labute approximate surface area is 170 Å². The van der Waals surface area contributed by atoms with Crippen LogP contribution in [0.1, 0.15) is 59.9 Å². The van der Waals surface area contributed by atoms with Crippen molar-refractivity contribution in [3.05, 3.63) is 41.9 Å². The van der Waals surface area contributed by atoms with Gasteiger partial charge in [-0.15, -0.1) is 0 Å². The molecule has 0 atom stereocenters. The maximum atomic E-state index is 8.69. The van der Waals surface area contributed by atoms with Gasteiger partial charge in [-0.25, -0.2) is 4.98 Å². The van der Waals surface area contributed by atoms with Crippen LogP contribution in [0.15, 0.2) is 30.5 Å². The first kappa shape index (κ1) is 22.4. The zero-order valence-electron chi connectivity index (χ0n) is 18.7. The van der Waals surface area contributed by atoms with Gasteiger partial charge < -0.3 is 4.57 Å². The van der Waals surface area contributed by atoms with Crippen LogP contribution in [0.5, 0.6) is 0 Å². The smallest absolute Gasteiger partial charge is 0.110 e.